The summed E-state index contributed by atoms with van der Waals surface area (Å²) in [5.74, 6) is 0.325. The molecule has 0 unspecified atom stereocenters. The highest BCUT2D eigenvalue weighted by Gasteiger charge is 2.11. The zero-order valence-corrected chi connectivity index (χ0v) is 12.6. The van der Waals surface area contributed by atoms with E-state index in [4.69, 9.17) is 0 Å². The first kappa shape index (κ1) is 14.6. The van der Waals surface area contributed by atoms with Gasteiger partial charge < -0.3 is 5.32 Å². The van der Waals surface area contributed by atoms with Gasteiger partial charge in [0.2, 0.25) is 5.91 Å². The summed E-state index contributed by atoms with van der Waals surface area (Å²) in [5.41, 5.74) is 3.61. The highest BCUT2D eigenvalue weighted by molar-refractivity contribution is 7.99. The molecule has 0 aliphatic heterocycles. The molecule has 2 N–H and O–H groups in total. The maximum absolute atomic E-state index is 11.9. The first-order valence-corrected chi connectivity index (χ1v) is 7.40. The van der Waals surface area contributed by atoms with Crippen LogP contribution in [0, 0.1) is 13.8 Å². The predicted octanol–water partition coefficient (Wildman–Crippen LogP) is 2.39. The van der Waals surface area contributed by atoms with Crippen LogP contribution in [-0.2, 0) is 4.79 Å². The summed E-state index contributed by atoms with van der Waals surface area (Å²) < 4.78 is 0. The van der Waals surface area contributed by atoms with Gasteiger partial charge in [-0.3, -0.25) is 4.79 Å². The maximum Gasteiger partial charge on any atom is 0.230 e. The SMILES string of the molecule is Cc1ccc([C@@H](C)NC(=O)CSc2cn[nH]n2)cc1C. The number of thioether (sulfide) groups is 1. The Morgan fingerprint density at radius 3 is 2.85 bits per heavy atom. The number of aryl methyl sites for hydroxylation is 2. The highest BCUT2D eigenvalue weighted by atomic mass is 32.2. The number of aromatic amines is 1. The highest BCUT2D eigenvalue weighted by Crippen LogP contribution is 2.17. The van der Waals surface area contributed by atoms with Crippen LogP contribution in [0.15, 0.2) is 29.4 Å². The van der Waals surface area contributed by atoms with Gasteiger partial charge in [0.15, 0.2) is 0 Å². The van der Waals surface area contributed by atoms with Crippen LogP contribution in [0.25, 0.3) is 0 Å². The van der Waals surface area contributed by atoms with Crippen molar-refractivity contribution in [1.82, 2.24) is 20.7 Å². The average molecular weight is 290 g/mol. The third-order valence-electron chi connectivity index (χ3n) is 3.15. The van der Waals surface area contributed by atoms with Crippen LogP contribution in [0.4, 0.5) is 0 Å². The molecule has 0 saturated heterocycles. The van der Waals surface area contributed by atoms with Crippen molar-refractivity contribution in [2.45, 2.75) is 31.8 Å². The average Bonchev–Trinajstić information content (AvgIpc) is 2.92. The second-order valence-electron chi connectivity index (χ2n) is 4.73. The minimum atomic E-state index is -0.0104. The molecule has 0 spiro atoms. The normalized spacial score (nSPS) is 12.2. The molecule has 0 aliphatic rings. The Kier molecular flexibility index (Phi) is 4.79. The summed E-state index contributed by atoms with van der Waals surface area (Å²) in [6.07, 6.45) is 1.60. The lowest BCUT2D eigenvalue weighted by Crippen LogP contribution is -2.28. The van der Waals surface area contributed by atoms with Crippen molar-refractivity contribution < 1.29 is 4.79 Å². The minimum absolute atomic E-state index is 0.000270. The fraction of sp³-hybridized carbons (Fsp3) is 0.357. The van der Waals surface area contributed by atoms with Crippen LogP contribution in [0.2, 0.25) is 0 Å². The largest absolute Gasteiger partial charge is 0.349 e. The fourth-order valence-corrected chi connectivity index (χ4v) is 2.40. The van der Waals surface area contributed by atoms with Gasteiger partial charge in [-0.05, 0) is 37.5 Å². The zero-order chi connectivity index (χ0) is 14.5. The van der Waals surface area contributed by atoms with E-state index in [1.165, 1.54) is 22.9 Å². The molecule has 0 bridgehead atoms. The number of rotatable bonds is 5. The monoisotopic (exact) mass is 290 g/mol. The molecule has 1 aromatic carbocycles. The van der Waals surface area contributed by atoms with E-state index in [-0.39, 0.29) is 11.9 Å². The van der Waals surface area contributed by atoms with E-state index >= 15 is 0 Å². The molecule has 20 heavy (non-hydrogen) atoms. The molecule has 0 radical (unpaired) electrons. The molecule has 5 nitrogen and oxygen atoms in total. The van der Waals surface area contributed by atoms with E-state index in [1.807, 2.05) is 6.92 Å². The van der Waals surface area contributed by atoms with E-state index in [0.717, 1.165) is 10.6 Å². The number of hydrogen-bond acceptors (Lipinski definition) is 4. The van der Waals surface area contributed by atoms with Crippen molar-refractivity contribution in [2.24, 2.45) is 0 Å². The lowest BCUT2D eigenvalue weighted by molar-refractivity contribution is -0.119. The Hall–Kier alpha value is -1.82. The summed E-state index contributed by atoms with van der Waals surface area (Å²) >= 11 is 1.36. The molecular formula is C14H18N4OS. The van der Waals surface area contributed by atoms with E-state index < -0.39 is 0 Å². The van der Waals surface area contributed by atoms with Crippen LogP contribution in [-0.4, -0.2) is 27.1 Å². The van der Waals surface area contributed by atoms with Crippen LogP contribution in [0.3, 0.4) is 0 Å². The minimum Gasteiger partial charge on any atom is -0.349 e. The lowest BCUT2D eigenvalue weighted by atomic mass is 10.0. The van der Waals surface area contributed by atoms with Gasteiger partial charge in [-0.2, -0.15) is 10.3 Å². The second-order valence-corrected chi connectivity index (χ2v) is 5.73. The zero-order valence-electron chi connectivity index (χ0n) is 11.8. The van der Waals surface area contributed by atoms with Crippen molar-refractivity contribution in [1.29, 1.82) is 0 Å². The van der Waals surface area contributed by atoms with E-state index in [1.54, 1.807) is 6.20 Å². The van der Waals surface area contributed by atoms with Gasteiger partial charge >= 0.3 is 0 Å². The lowest BCUT2D eigenvalue weighted by Gasteiger charge is -2.15. The number of nitrogens with one attached hydrogen (secondary N) is 2. The van der Waals surface area contributed by atoms with Gasteiger partial charge in [-0.25, -0.2) is 0 Å². The van der Waals surface area contributed by atoms with E-state index in [0.29, 0.717) is 5.75 Å². The number of H-pyrrole nitrogens is 1. The Morgan fingerprint density at radius 2 is 2.20 bits per heavy atom. The molecule has 2 rings (SSSR count). The molecule has 0 aliphatic carbocycles. The van der Waals surface area contributed by atoms with Gasteiger partial charge in [0.05, 0.1) is 18.0 Å². The van der Waals surface area contributed by atoms with Crippen LogP contribution in [0.5, 0.6) is 0 Å². The van der Waals surface area contributed by atoms with Crippen molar-refractivity contribution >= 4 is 17.7 Å². The molecule has 2 aromatic rings. The molecule has 1 amide bonds. The van der Waals surface area contributed by atoms with Crippen molar-refractivity contribution in [3.63, 3.8) is 0 Å². The molecule has 1 atom stereocenters. The molecule has 1 heterocycles. The third kappa shape index (κ3) is 3.84. The molecule has 6 heteroatoms. The van der Waals surface area contributed by atoms with Gasteiger partial charge in [0.1, 0.15) is 5.03 Å². The van der Waals surface area contributed by atoms with Crippen molar-refractivity contribution in [3.8, 4) is 0 Å². The number of benzene rings is 1. The predicted molar refractivity (Wildman–Crippen MR) is 79.6 cm³/mol. The Bertz CT molecular complexity index is 583. The van der Waals surface area contributed by atoms with Gasteiger partial charge in [-0.15, -0.1) is 5.10 Å². The number of aromatic nitrogens is 3. The van der Waals surface area contributed by atoms with E-state index in [2.05, 4.69) is 52.8 Å². The molecule has 1 aromatic heterocycles. The van der Waals surface area contributed by atoms with Gasteiger partial charge in [0.25, 0.3) is 0 Å². The smallest absolute Gasteiger partial charge is 0.230 e. The molecule has 0 saturated carbocycles. The topological polar surface area (TPSA) is 70.7 Å². The number of nitrogens with zero attached hydrogens (tertiary/aromatic N) is 2. The molecule has 0 fully saturated rings. The Labute approximate surface area is 122 Å². The summed E-state index contributed by atoms with van der Waals surface area (Å²) in [7, 11) is 0. The van der Waals surface area contributed by atoms with Gasteiger partial charge in [0, 0.05) is 0 Å². The second kappa shape index (κ2) is 6.56. The number of carbonyl (C=O) groups is 1. The summed E-state index contributed by atoms with van der Waals surface area (Å²) in [4.78, 5) is 11.9. The number of hydrogen-bond donors (Lipinski definition) is 2. The first-order chi connectivity index (χ1) is 9.56. The fourth-order valence-electron chi connectivity index (χ4n) is 1.80. The summed E-state index contributed by atoms with van der Waals surface area (Å²) in [5, 5.41) is 13.8. The summed E-state index contributed by atoms with van der Waals surface area (Å²) in [6, 6.07) is 6.25. The standard InChI is InChI=1S/C14H18N4OS/c1-9-4-5-12(6-10(9)2)11(3)16-13(19)8-20-14-7-15-18-17-14/h4-7,11H,8H2,1-3H3,(H,16,19)(H,15,17,18)/t11-/m1/s1. The Morgan fingerprint density at radius 1 is 1.40 bits per heavy atom. The Balaban J connectivity index is 1.88. The number of amides is 1. The van der Waals surface area contributed by atoms with Crippen LogP contribution >= 0.6 is 11.8 Å². The molecule has 106 valence electrons. The van der Waals surface area contributed by atoms with E-state index in [9.17, 15) is 4.79 Å². The summed E-state index contributed by atoms with van der Waals surface area (Å²) in [6.45, 7) is 6.15. The van der Waals surface area contributed by atoms with Crippen LogP contribution in [0.1, 0.15) is 29.7 Å². The van der Waals surface area contributed by atoms with Gasteiger partial charge in [-0.1, -0.05) is 30.0 Å². The molecular weight excluding hydrogens is 272 g/mol. The quantitative estimate of drug-likeness (QED) is 0.830. The van der Waals surface area contributed by atoms with Crippen LogP contribution < -0.4 is 5.32 Å². The first-order valence-electron chi connectivity index (χ1n) is 6.41. The van der Waals surface area contributed by atoms with Crippen molar-refractivity contribution in [3.05, 3.63) is 41.1 Å². The number of carbonyl (C=O) groups excluding carboxylic acids is 1. The third-order valence-corrected chi connectivity index (χ3v) is 4.05. The van der Waals surface area contributed by atoms with Crippen molar-refractivity contribution in [2.75, 3.05) is 5.75 Å². The maximum atomic E-state index is 11.9.